The number of rotatable bonds is 3. The van der Waals surface area contributed by atoms with Gasteiger partial charge in [-0.15, -0.1) is 11.3 Å². The van der Waals surface area contributed by atoms with E-state index >= 15 is 0 Å². The van der Waals surface area contributed by atoms with E-state index in [1.54, 1.807) is 0 Å². The van der Waals surface area contributed by atoms with Crippen molar-refractivity contribution in [3.05, 3.63) is 11.2 Å². The number of hydrogen-bond donors (Lipinski definition) is 1. The average molecular weight is 255 g/mol. The Morgan fingerprint density at radius 3 is 2.79 bits per heavy atom. The van der Waals surface area contributed by atoms with Gasteiger partial charge in [0.25, 0.3) is 9.05 Å². The summed E-state index contributed by atoms with van der Waals surface area (Å²) in [6.45, 7) is 1.58. The highest BCUT2D eigenvalue weighted by Gasteiger charge is 2.14. The molecule has 1 N–H and O–H groups in total. The Balaban J connectivity index is 2.74. The molecule has 0 saturated heterocycles. The molecule has 1 aromatic rings. The van der Waals surface area contributed by atoms with Crippen LogP contribution in [0, 0.1) is 0 Å². The monoisotopic (exact) mass is 254 g/mol. The van der Waals surface area contributed by atoms with Crippen molar-refractivity contribution >= 4 is 37.0 Å². The zero-order valence-corrected chi connectivity index (χ0v) is 9.54. The zero-order chi connectivity index (χ0) is 10.8. The highest BCUT2D eigenvalue weighted by Crippen LogP contribution is 2.21. The lowest BCUT2D eigenvalue weighted by Crippen LogP contribution is -2.18. The van der Waals surface area contributed by atoms with Gasteiger partial charge in [0.2, 0.25) is 5.91 Å². The molecule has 0 aromatic carbocycles. The standard InChI is InChI=1S/C6H7ClN2O3S2/c1-4(10)8-2-5-9-3-6(13-5)14(7,11)12/h3H,2H2,1H3,(H,8,10). The molecule has 78 valence electrons. The highest BCUT2D eigenvalue weighted by molar-refractivity contribution is 8.15. The van der Waals surface area contributed by atoms with E-state index in [9.17, 15) is 13.2 Å². The lowest BCUT2D eigenvalue weighted by Gasteiger charge is -1.95. The van der Waals surface area contributed by atoms with Crippen molar-refractivity contribution in [3.63, 3.8) is 0 Å². The van der Waals surface area contributed by atoms with Crippen LogP contribution < -0.4 is 5.32 Å². The van der Waals surface area contributed by atoms with E-state index in [2.05, 4.69) is 10.3 Å². The summed E-state index contributed by atoms with van der Waals surface area (Å²) in [7, 11) is 1.38. The first kappa shape index (κ1) is 11.4. The number of nitrogens with one attached hydrogen (secondary N) is 1. The molecule has 0 aliphatic heterocycles. The molecule has 1 heterocycles. The summed E-state index contributed by atoms with van der Waals surface area (Å²) >= 11 is 0.936. The quantitative estimate of drug-likeness (QED) is 0.806. The van der Waals surface area contributed by atoms with Gasteiger partial charge >= 0.3 is 0 Å². The van der Waals surface area contributed by atoms with Gasteiger partial charge in [-0.05, 0) is 0 Å². The van der Waals surface area contributed by atoms with Crippen molar-refractivity contribution in [1.29, 1.82) is 0 Å². The third-order valence-electron chi connectivity index (χ3n) is 1.26. The van der Waals surface area contributed by atoms with Gasteiger partial charge in [0.05, 0.1) is 12.7 Å². The maximum absolute atomic E-state index is 10.8. The van der Waals surface area contributed by atoms with Crippen molar-refractivity contribution in [2.45, 2.75) is 17.7 Å². The number of hydrogen-bond acceptors (Lipinski definition) is 5. The molecule has 1 aromatic heterocycles. The van der Waals surface area contributed by atoms with Crippen LogP contribution in [0.3, 0.4) is 0 Å². The molecule has 5 nitrogen and oxygen atoms in total. The summed E-state index contributed by atoms with van der Waals surface area (Å²) in [6, 6.07) is 0. The van der Waals surface area contributed by atoms with Gasteiger partial charge in [-0.2, -0.15) is 0 Å². The van der Waals surface area contributed by atoms with E-state index in [0.29, 0.717) is 5.01 Å². The molecule has 0 unspecified atom stereocenters. The number of carbonyl (C=O) groups excluding carboxylic acids is 1. The summed E-state index contributed by atoms with van der Waals surface area (Å²) in [5.74, 6) is -0.199. The summed E-state index contributed by atoms with van der Waals surface area (Å²) in [6.07, 6.45) is 1.17. The number of carbonyl (C=O) groups is 1. The average Bonchev–Trinajstić information content (AvgIpc) is 2.47. The molecule has 0 spiro atoms. The van der Waals surface area contributed by atoms with Crippen molar-refractivity contribution < 1.29 is 13.2 Å². The van der Waals surface area contributed by atoms with Crippen LogP contribution in [0.1, 0.15) is 11.9 Å². The number of amides is 1. The van der Waals surface area contributed by atoms with Gasteiger partial charge in [0.15, 0.2) is 4.21 Å². The minimum absolute atomic E-state index is 0.0143. The smallest absolute Gasteiger partial charge is 0.272 e. The lowest BCUT2D eigenvalue weighted by atomic mass is 10.6. The first-order valence-corrected chi connectivity index (χ1v) is 6.66. The van der Waals surface area contributed by atoms with E-state index in [-0.39, 0.29) is 16.7 Å². The minimum Gasteiger partial charge on any atom is -0.350 e. The van der Waals surface area contributed by atoms with Gasteiger partial charge in [-0.25, -0.2) is 13.4 Å². The molecule has 0 aliphatic carbocycles. The second kappa shape index (κ2) is 4.24. The molecule has 14 heavy (non-hydrogen) atoms. The predicted molar refractivity (Wildman–Crippen MR) is 52.7 cm³/mol. The second-order valence-electron chi connectivity index (χ2n) is 2.42. The molecule has 0 aliphatic rings. The molecule has 1 rings (SSSR count). The summed E-state index contributed by atoms with van der Waals surface area (Å²) < 4.78 is 21.7. The van der Waals surface area contributed by atoms with Crippen molar-refractivity contribution in [1.82, 2.24) is 10.3 Å². The van der Waals surface area contributed by atoms with Crippen LogP contribution in [-0.2, 0) is 20.4 Å². The van der Waals surface area contributed by atoms with Crippen LogP contribution in [0.5, 0.6) is 0 Å². The Kier molecular flexibility index (Phi) is 3.46. The van der Waals surface area contributed by atoms with Crippen LogP contribution in [-0.4, -0.2) is 19.3 Å². The molecule has 0 radical (unpaired) electrons. The van der Waals surface area contributed by atoms with Gasteiger partial charge in [-0.1, -0.05) is 0 Å². The van der Waals surface area contributed by atoms with Crippen LogP contribution in [0.4, 0.5) is 0 Å². The number of nitrogens with zero attached hydrogens (tertiary/aromatic N) is 1. The SMILES string of the molecule is CC(=O)NCc1ncc(S(=O)(=O)Cl)s1. The van der Waals surface area contributed by atoms with E-state index < -0.39 is 9.05 Å². The largest absolute Gasteiger partial charge is 0.350 e. The molecular weight excluding hydrogens is 248 g/mol. The Labute approximate surface area is 89.5 Å². The topological polar surface area (TPSA) is 76.1 Å². The molecule has 0 bridgehead atoms. The first-order valence-electron chi connectivity index (χ1n) is 3.53. The van der Waals surface area contributed by atoms with Gasteiger partial charge in [0, 0.05) is 17.6 Å². The fraction of sp³-hybridized carbons (Fsp3) is 0.333. The molecule has 1 amide bonds. The first-order chi connectivity index (χ1) is 6.39. The Bertz CT molecular complexity index is 440. The number of halogens is 1. The fourth-order valence-corrected chi connectivity index (χ4v) is 2.54. The van der Waals surface area contributed by atoms with Gasteiger partial charge in [-0.3, -0.25) is 4.79 Å². The zero-order valence-electron chi connectivity index (χ0n) is 7.15. The van der Waals surface area contributed by atoms with Gasteiger partial charge in [0.1, 0.15) is 5.01 Å². The Morgan fingerprint density at radius 2 is 2.36 bits per heavy atom. The normalized spacial score (nSPS) is 11.3. The predicted octanol–water partition coefficient (Wildman–Crippen LogP) is 0.707. The summed E-state index contributed by atoms with van der Waals surface area (Å²) in [5, 5.41) is 3.00. The van der Waals surface area contributed by atoms with E-state index in [1.165, 1.54) is 13.1 Å². The molecular formula is C6H7ClN2O3S2. The van der Waals surface area contributed by atoms with E-state index in [0.717, 1.165) is 11.3 Å². The summed E-state index contributed by atoms with van der Waals surface area (Å²) in [5.41, 5.74) is 0. The van der Waals surface area contributed by atoms with E-state index in [1.807, 2.05) is 0 Å². The number of thiazole rings is 1. The van der Waals surface area contributed by atoms with Crippen molar-refractivity contribution in [2.24, 2.45) is 0 Å². The second-order valence-corrected chi connectivity index (χ2v) is 6.33. The van der Waals surface area contributed by atoms with Crippen LogP contribution in [0.15, 0.2) is 10.4 Å². The van der Waals surface area contributed by atoms with Crippen molar-refractivity contribution in [2.75, 3.05) is 0 Å². The maximum Gasteiger partial charge on any atom is 0.272 e. The molecule has 0 atom stereocenters. The molecule has 0 saturated carbocycles. The third kappa shape index (κ3) is 3.24. The molecule has 8 heteroatoms. The Hall–Kier alpha value is -0.660. The van der Waals surface area contributed by atoms with Crippen LogP contribution in [0.2, 0.25) is 0 Å². The number of aromatic nitrogens is 1. The lowest BCUT2D eigenvalue weighted by molar-refractivity contribution is -0.119. The minimum atomic E-state index is -3.71. The van der Waals surface area contributed by atoms with Crippen LogP contribution in [0.25, 0.3) is 0 Å². The van der Waals surface area contributed by atoms with E-state index in [4.69, 9.17) is 10.7 Å². The fourth-order valence-electron chi connectivity index (χ4n) is 0.688. The van der Waals surface area contributed by atoms with Crippen molar-refractivity contribution in [3.8, 4) is 0 Å². The maximum atomic E-state index is 10.8. The van der Waals surface area contributed by atoms with Gasteiger partial charge < -0.3 is 5.32 Å². The Morgan fingerprint density at radius 1 is 1.71 bits per heavy atom. The third-order valence-corrected chi connectivity index (χ3v) is 4.32. The molecule has 0 fully saturated rings. The highest BCUT2D eigenvalue weighted by atomic mass is 35.7. The summed E-state index contributed by atoms with van der Waals surface area (Å²) in [4.78, 5) is 14.3. The van der Waals surface area contributed by atoms with Crippen LogP contribution >= 0.6 is 22.0 Å².